The van der Waals surface area contributed by atoms with Gasteiger partial charge in [-0.3, -0.25) is 0 Å². The lowest BCUT2D eigenvalue weighted by Crippen LogP contribution is -2.00. The fourth-order valence-electron chi connectivity index (χ4n) is 1.95. The molecule has 4 heteroatoms. The van der Waals surface area contributed by atoms with E-state index in [0.29, 0.717) is 10.6 Å². The number of benzene rings is 2. The first kappa shape index (κ1) is 14.8. The van der Waals surface area contributed by atoms with E-state index >= 15 is 0 Å². The molecule has 0 saturated heterocycles. The van der Waals surface area contributed by atoms with Crippen LogP contribution in [0.5, 0.6) is 0 Å². The highest BCUT2D eigenvalue weighted by atomic mass is 79.9. The third-order valence-electron chi connectivity index (χ3n) is 3.06. The van der Waals surface area contributed by atoms with Crippen molar-refractivity contribution in [3.8, 4) is 0 Å². The van der Waals surface area contributed by atoms with Gasteiger partial charge in [0, 0.05) is 15.6 Å². The van der Waals surface area contributed by atoms with E-state index < -0.39 is 0 Å². The lowest BCUT2D eigenvalue weighted by molar-refractivity contribution is 0.613. The van der Waals surface area contributed by atoms with E-state index in [1.807, 2.05) is 26.0 Å². The number of hydrogen-bond donors (Lipinski definition) is 0. The maximum Gasteiger partial charge on any atom is 0.129 e. The molecule has 0 saturated carbocycles. The topological polar surface area (TPSA) is 0 Å². The summed E-state index contributed by atoms with van der Waals surface area (Å²) in [5, 5.41) is 1.11. The minimum absolute atomic E-state index is 0.222. The Hall–Kier alpha value is -0.570. The molecule has 0 aliphatic heterocycles. The fourth-order valence-corrected chi connectivity index (χ4v) is 3.19. The molecular weight excluding hydrogens is 350 g/mol. The van der Waals surface area contributed by atoms with E-state index in [1.54, 1.807) is 12.1 Å². The van der Waals surface area contributed by atoms with Gasteiger partial charge in [-0.1, -0.05) is 51.3 Å². The number of hydrogen-bond acceptors (Lipinski definition) is 0. The van der Waals surface area contributed by atoms with Gasteiger partial charge in [0.15, 0.2) is 0 Å². The molecular formula is C15H12BrCl2F. The quantitative estimate of drug-likeness (QED) is 0.556. The van der Waals surface area contributed by atoms with Crippen molar-refractivity contribution in [2.45, 2.75) is 18.7 Å². The molecule has 1 atom stereocenters. The molecule has 0 heterocycles. The number of rotatable bonds is 2. The average molecular weight is 362 g/mol. The van der Waals surface area contributed by atoms with Crippen molar-refractivity contribution in [2.75, 3.05) is 0 Å². The largest absolute Gasteiger partial charge is 0.207 e. The minimum atomic E-state index is -0.318. The molecule has 0 bridgehead atoms. The van der Waals surface area contributed by atoms with Crippen molar-refractivity contribution >= 4 is 39.1 Å². The van der Waals surface area contributed by atoms with Crippen molar-refractivity contribution in [3.63, 3.8) is 0 Å². The normalized spacial score (nSPS) is 12.5. The molecule has 0 aliphatic rings. The van der Waals surface area contributed by atoms with E-state index in [4.69, 9.17) is 23.2 Å². The monoisotopic (exact) mass is 360 g/mol. The predicted molar refractivity (Wildman–Crippen MR) is 83.1 cm³/mol. The van der Waals surface area contributed by atoms with Crippen LogP contribution >= 0.6 is 39.1 Å². The van der Waals surface area contributed by atoms with Crippen molar-refractivity contribution in [2.24, 2.45) is 0 Å². The van der Waals surface area contributed by atoms with Crippen LogP contribution in [0.3, 0.4) is 0 Å². The molecule has 0 amide bonds. The van der Waals surface area contributed by atoms with Crippen LogP contribution in [-0.4, -0.2) is 0 Å². The summed E-state index contributed by atoms with van der Waals surface area (Å²) in [6, 6.07) is 8.58. The Morgan fingerprint density at radius 1 is 1.00 bits per heavy atom. The Balaban J connectivity index is 2.49. The molecule has 0 nitrogen and oxygen atoms in total. The van der Waals surface area contributed by atoms with Gasteiger partial charge < -0.3 is 0 Å². The summed E-state index contributed by atoms with van der Waals surface area (Å²) >= 11 is 15.4. The zero-order valence-corrected chi connectivity index (χ0v) is 13.6. The highest BCUT2D eigenvalue weighted by molar-refractivity contribution is 9.09. The van der Waals surface area contributed by atoms with E-state index in [2.05, 4.69) is 15.9 Å². The SMILES string of the molecule is Cc1cc(C(Br)c2ccc(Cl)cc2F)c(C)cc1Cl. The molecule has 2 aromatic carbocycles. The second-order valence-electron chi connectivity index (χ2n) is 4.49. The molecule has 19 heavy (non-hydrogen) atoms. The van der Waals surface area contributed by atoms with Gasteiger partial charge in [0.2, 0.25) is 0 Å². The molecule has 0 aromatic heterocycles. The van der Waals surface area contributed by atoms with Crippen LogP contribution in [0.15, 0.2) is 30.3 Å². The Bertz CT molecular complexity index is 626. The van der Waals surface area contributed by atoms with Crippen LogP contribution in [0.1, 0.15) is 27.1 Å². The van der Waals surface area contributed by atoms with Gasteiger partial charge in [-0.05, 0) is 48.7 Å². The summed E-state index contributed by atoms with van der Waals surface area (Å²) in [6.45, 7) is 3.89. The van der Waals surface area contributed by atoms with Crippen LogP contribution in [-0.2, 0) is 0 Å². The summed E-state index contributed by atoms with van der Waals surface area (Å²) < 4.78 is 14.0. The second kappa shape index (κ2) is 5.82. The van der Waals surface area contributed by atoms with E-state index in [1.165, 1.54) is 6.07 Å². The number of aryl methyl sites for hydroxylation is 2. The van der Waals surface area contributed by atoms with Crippen LogP contribution in [0.4, 0.5) is 4.39 Å². The Labute approximate surface area is 130 Å². The van der Waals surface area contributed by atoms with Crippen LogP contribution in [0, 0.1) is 19.7 Å². The molecule has 0 spiro atoms. The molecule has 0 N–H and O–H groups in total. The first-order chi connectivity index (χ1) is 8.90. The summed E-state index contributed by atoms with van der Waals surface area (Å²) in [4.78, 5) is -0.222. The third kappa shape index (κ3) is 3.13. The van der Waals surface area contributed by atoms with Gasteiger partial charge >= 0.3 is 0 Å². The van der Waals surface area contributed by atoms with Crippen LogP contribution < -0.4 is 0 Å². The van der Waals surface area contributed by atoms with Crippen LogP contribution in [0.2, 0.25) is 10.0 Å². The highest BCUT2D eigenvalue weighted by Crippen LogP contribution is 2.36. The summed E-state index contributed by atoms with van der Waals surface area (Å²) in [7, 11) is 0. The zero-order chi connectivity index (χ0) is 14.2. The number of halogens is 4. The zero-order valence-electron chi connectivity index (χ0n) is 10.5. The smallest absolute Gasteiger partial charge is 0.129 e. The number of alkyl halides is 1. The van der Waals surface area contributed by atoms with Gasteiger partial charge in [0.05, 0.1) is 4.83 Å². The molecule has 100 valence electrons. The first-order valence-corrected chi connectivity index (χ1v) is 7.43. The maximum absolute atomic E-state index is 14.0. The average Bonchev–Trinajstić information content (AvgIpc) is 2.33. The molecule has 2 rings (SSSR count). The lowest BCUT2D eigenvalue weighted by atomic mass is 9.98. The Morgan fingerprint density at radius 3 is 2.32 bits per heavy atom. The first-order valence-electron chi connectivity index (χ1n) is 5.76. The Kier molecular flexibility index (Phi) is 4.54. The van der Waals surface area contributed by atoms with Gasteiger partial charge in [0.25, 0.3) is 0 Å². The van der Waals surface area contributed by atoms with Gasteiger partial charge in [-0.25, -0.2) is 4.39 Å². The van der Waals surface area contributed by atoms with Crippen molar-refractivity contribution in [3.05, 3.63) is 68.4 Å². The fraction of sp³-hybridized carbons (Fsp3) is 0.200. The van der Waals surface area contributed by atoms with Gasteiger partial charge in [0.1, 0.15) is 5.82 Å². The second-order valence-corrected chi connectivity index (χ2v) is 6.25. The van der Waals surface area contributed by atoms with Crippen molar-refractivity contribution in [1.82, 2.24) is 0 Å². The minimum Gasteiger partial charge on any atom is -0.207 e. The molecule has 0 fully saturated rings. The standard InChI is InChI=1S/C15H12BrCl2F/c1-8-6-13(18)9(2)5-12(8)15(16)11-4-3-10(17)7-14(11)19/h3-7,15H,1-2H3. The maximum atomic E-state index is 14.0. The van der Waals surface area contributed by atoms with Gasteiger partial charge in [-0.15, -0.1) is 0 Å². The van der Waals surface area contributed by atoms with Gasteiger partial charge in [-0.2, -0.15) is 0 Å². The molecule has 1 unspecified atom stereocenters. The lowest BCUT2D eigenvalue weighted by Gasteiger charge is -2.16. The van der Waals surface area contributed by atoms with E-state index in [9.17, 15) is 4.39 Å². The van der Waals surface area contributed by atoms with Crippen molar-refractivity contribution in [1.29, 1.82) is 0 Å². The summed E-state index contributed by atoms with van der Waals surface area (Å²) in [6.07, 6.45) is 0. The molecule has 2 aromatic rings. The van der Waals surface area contributed by atoms with E-state index in [0.717, 1.165) is 21.7 Å². The molecule has 0 aliphatic carbocycles. The van der Waals surface area contributed by atoms with Crippen molar-refractivity contribution < 1.29 is 4.39 Å². The summed E-state index contributed by atoms with van der Waals surface area (Å²) in [5.41, 5.74) is 3.56. The highest BCUT2D eigenvalue weighted by Gasteiger charge is 2.18. The third-order valence-corrected chi connectivity index (χ3v) is 4.68. The summed E-state index contributed by atoms with van der Waals surface area (Å²) in [5.74, 6) is -0.318. The van der Waals surface area contributed by atoms with Crippen LogP contribution in [0.25, 0.3) is 0 Å². The molecule has 0 radical (unpaired) electrons. The predicted octanol–water partition coefficient (Wildman–Crippen LogP) is 6.23. The Morgan fingerprint density at radius 2 is 1.68 bits per heavy atom. The van der Waals surface area contributed by atoms with E-state index in [-0.39, 0.29) is 10.6 Å².